The third-order valence-corrected chi connectivity index (χ3v) is 3.09. The van der Waals surface area contributed by atoms with Crippen molar-refractivity contribution in [3.05, 3.63) is 36.5 Å². The lowest BCUT2D eigenvalue weighted by Crippen LogP contribution is -2.25. The molecule has 0 aliphatic carbocycles. The third-order valence-electron chi connectivity index (χ3n) is 3.09. The molecular formula is C15H19NO2. The van der Waals surface area contributed by atoms with E-state index in [1.165, 1.54) is 0 Å². The average Bonchev–Trinajstić information content (AvgIpc) is 2.38. The Kier molecular flexibility index (Phi) is 3.82. The maximum Gasteiger partial charge on any atom is 0.138 e. The van der Waals surface area contributed by atoms with Crippen molar-refractivity contribution in [2.45, 2.75) is 25.9 Å². The Morgan fingerprint density at radius 2 is 2.00 bits per heavy atom. The van der Waals surface area contributed by atoms with Crippen LogP contribution < -0.4 is 4.74 Å². The predicted octanol–water partition coefficient (Wildman–Crippen LogP) is 3.43. The number of hydrogen-bond donors (Lipinski definition) is 0. The number of benzene rings is 1. The van der Waals surface area contributed by atoms with Crippen molar-refractivity contribution < 1.29 is 9.47 Å². The Morgan fingerprint density at radius 1 is 1.22 bits per heavy atom. The monoisotopic (exact) mass is 245 g/mol. The van der Waals surface area contributed by atoms with Crippen molar-refractivity contribution in [1.82, 2.24) is 4.98 Å². The van der Waals surface area contributed by atoms with E-state index in [4.69, 9.17) is 9.47 Å². The number of aromatic nitrogens is 1. The molecule has 0 atom stereocenters. The second kappa shape index (κ2) is 5.36. The molecule has 18 heavy (non-hydrogen) atoms. The summed E-state index contributed by atoms with van der Waals surface area (Å²) in [5, 5.41) is 1.10. The van der Waals surface area contributed by atoms with E-state index in [1.807, 2.05) is 30.3 Å². The highest BCUT2D eigenvalue weighted by atomic mass is 16.5. The summed E-state index contributed by atoms with van der Waals surface area (Å²) in [6, 6.07) is 10.0. The molecule has 0 amide bonds. The lowest BCUT2D eigenvalue weighted by atomic mass is 10.1. The standard InChI is InChI=1S/C15H19NO2/c1-15(2,17-3)8-9-18-13-10-12-6-4-5-7-14(12)16-11-13/h4-7,10-11H,8-9H2,1-3H3. The molecule has 0 saturated heterocycles. The molecule has 3 nitrogen and oxygen atoms in total. The zero-order chi connectivity index (χ0) is 13.0. The van der Waals surface area contributed by atoms with Gasteiger partial charge in [0.25, 0.3) is 0 Å². The summed E-state index contributed by atoms with van der Waals surface area (Å²) < 4.78 is 11.1. The van der Waals surface area contributed by atoms with Crippen molar-refractivity contribution in [2.24, 2.45) is 0 Å². The summed E-state index contributed by atoms with van der Waals surface area (Å²) in [6.07, 6.45) is 2.61. The highest BCUT2D eigenvalue weighted by Gasteiger charge is 2.15. The minimum absolute atomic E-state index is 0.149. The zero-order valence-corrected chi connectivity index (χ0v) is 11.1. The van der Waals surface area contributed by atoms with Gasteiger partial charge in [-0.1, -0.05) is 18.2 Å². The van der Waals surface area contributed by atoms with Crippen LogP contribution in [0.1, 0.15) is 20.3 Å². The van der Waals surface area contributed by atoms with Gasteiger partial charge in [0.1, 0.15) is 5.75 Å². The van der Waals surface area contributed by atoms with E-state index in [0.29, 0.717) is 6.61 Å². The molecule has 1 aromatic heterocycles. The highest BCUT2D eigenvalue weighted by molar-refractivity contribution is 5.79. The van der Waals surface area contributed by atoms with Crippen LogP contribution in [0.15, 0.2) is 36.5 Å². The van der Waals surface area contributed by atoms with Crippen LogP contribution >= 0.6 is 0 Å². The molecule has 2 aromatic rings. The summed E-state index contributed by atoms with van der Waals surface area (Å²) in [4.78, 5) is 4.36. The molecule has 0 spiro atoms. The van der Waals surface area contributed by atoms with Gasteiger partial charge < -0.3 is 9.47 Å². The van der Waals surface area contributed by atoms with Gasteiger partial charge in [-0.2, -0.15) is 0 Å². The molecule has 96 valence electrons. The molecule has 2 rings (SSSR count). The second-order valence-electron chi connectivity index (χ2n) is 4.93. The molecule has 0 aliphatic heterocycles. The summed E-state index contributed by atoms with van der Waals surface area (Å²) in [7, 11) is 1.72. The summed E-state index contributed by atoms with van der Waals surface area (Å²) >= 11 is 0. The second-order valence-corrected chi connectivity index (χ2v) is 4.93. The maximum atomic E-state index is 5.71. The first-order valence-electron chi connectivity index (χ1n) is 6.13. The normalized spacial score (nSPS) is 11.7. The molecule has 3 heteroatoms. The van der Waals surface area contributed by atoms with Crippen molar-refractivity contribution in [2.75, 3.05) is 13.7 Å². The fraction of sp³-hybridized carbons (Fsp3) is 0.400. The molecule has 0 bridgehead atoms. The number of methoxy groups -OCH3 is 1. The van der Waals surface area contributed by atoms with Crippen molar-refractivity contribution in [3.63, 3.8) is 0 Å². The molecule has 1 aromatic carbocycles. The zero-order valence-electron chi connectivity index (χ0n) is 11.1. The summed E-state index contributed by atoms with van der Waals surface area (Å²) in [5.41, 5.74) is 0.839. The van der Waals surface area contributed by atoms with Gasteiger partial charge in [0.05, 0.1) is 23.9 Å². The van der Waals surface area contributed by atoms with Crippen LogP contribution in [-0.4, -0.2) is 24.3 Å². The van der Waals surface area contributed by atoms with E-state index in [1.54, 1.807) is 13.3 Å². The summed E-state index contributed by atoms with van der Waals surface area (Å²) in [6.45, 7) is 4.73. The summed E-state index contributed by atoms with van der Waals surface area (Å²) in [5.74, 6) is 0.806. The van der Waals surface area contributed by atoms with E-state index in [-0.39, 0.29) is 5.60 Å². The first kappa shape index (κ1) is 12.8. The van der Waals surface area contributed by atoms with Crippen molar-refractivity contribution in [1.29, 1.82) is 0 Å². The molecule has 0 unspecified atom stereocenters. The van der Waals surface area contributed by atoms with Crippen LogP contribution in [0.25, 0.3) is 10.9 Å². The molecule has 0 saturated carbocycles. The van der Waals surface area contributed by atoms with E-state index in [9.17, 15) is 0 Å². The van der Waals surface area contributed by atoms with E-state index in [2.05, 4.69) is 18.8 Å². The van der Waals surface area contributed by atoms with Gasteiger partial charge in [-0.15, -0.1) is 0 Å². The molecule has 0 radical (unpaired) electrons. The molecule has 0 N–H and O–H groups in total. The SMILES string of the molecule is COC(C)(C)CCOc1cnc2ccccc2c1. The Morgan fingerprint density at radius 3 is 2.78 bits per heavy atom. The van der Waals surface area contributed by atoms with Gasteiger partial charge in [0.2, 0.25) is 0 Å². The number of para-hydroxylation sites is 1. The fourth-order valence-electron chi connectivity index (χ4n) is 1.65. The molecule has 0 aliphatic rings. The van der Waals surface area contributed by atoms with E-state index >= 15 is 0 Å². The van der Waals surface area contributed by atoms with Crippen molar-refractivity contribution in [3.8, 4) is 5.75 Å². The predicted molar refractivity (Wildman–Crippen MR) is 72.9 cm³/mol. The lowest BCUT2D eigenvalue weighted by Gasteiger charge is -2.22. The van der Waals surface area contributed by atoms with Crippen LogP contribution in [0, 0.1) is 0 Å². The Hall–Kier alpha value is -1.61. The van der Waals surface area contributed by atoms with Gasteiger partial charge >= 0.3 is 0 Å². The number of rotatable bonds is 5. The van der Waals surface area contributed by atoms with Crippen LogP contribution in [0.3, 0.4) is 0 Å². The lowest BCUT2D eigenvalue weighted by molar-refractivity contribution is 0.00544. The maximum absolute atomic E-state index is 5.71. The number of fused-ring (bicyclic) bond motifs is 1. The van der Waals surface area contributed by atoms with Crippen LogP contribution in [0.4, 0.5) is 0 Å². The minimum Gasteiger partial charge on any atom is -0.492 e. The van der Waals surface area contributed by atoms with Gasteiger partial charge in [-0.25, -0.2) is 0 Å². The number of pyridine rings is 1. The minimum atomic E-state index is -0.149. The van der Waals surface area contributed by atoms with Gasteiger partial charge in [0, 0.05) is 18.9 Å². The van der Waals surface area contributed by atoms with Crippen LogP contribution in [-0.2, 0) is 4.74 Å². The Labute approximate surface area is 108 Å². The molecular weight excluding hydrogens is 226 g/mol. The smallest absolute Gasteiger partial charge is 0.138 e. The van der Waals surface area contributed by atoms with Crippen LogP contribution in [0.2, 0.25) is 0 Å². The first-order valence-corrected chi connectivity index (χ1v) is 6.13. The Bertz CT molecular complexity index is 523. The first-order chi connectivity index (χ1) is 8.61. The number of nitrogens with zero attached hydrogens (tertiary/aromatic N) is 1. The average molecular weight is 245 g/mol. The quantitative estimate of drug-likeness (QED) is 0.808. The Balaban J connectivity index is 2.00. The highest BCUT2D eigenvalue weighted by Crippen LogP contribution is 2.19. The third kappa shape index (κ3) is 3.20. The largest absolute Gasteiger partial charge is 0.492 e. The topological polar surface area (TPSA) is 31.4 Å². The van der Waals surface area contributed by atoms with E-state index in [0.717, 1.165) is 23.1 Å². The van der Waals surface area contributed by atoms with Gasteiger partial charge in [-0.05, 0) is 26.0 Å². The number of ether oxygens (including phenoxy) is 2. The molecule has 0 fully saturated rings. The van der Waals surface area contributed by atoms with E-state index < -0.39 is 0 Å². The van der Waals surface area contributed by atoms with Gasteiger partial charge in [-0.3, -0.25) is 4.98 Å². The molecule has 1 heterocycles. The fourth-order valence-corrected chi connectivity index (χ4v) is 1.65. The number of hydrogen-bond acceptors (Lipinski definition) is 3. The van der Waals surface area contributed by atoms with Gasteiger partial charge in [0.15, 0.2) is 0 Å². The van der Waals surface area contributed by atoms with Crippen molar-refractivity contribution >= 4 is 10.9 Å². The van der Waals surface area contributed by atoms with Crippen LogP contribution in [0.5, 0.6) is 5.75 Å².